The second-order valence-corrected chi connectivity index (χ2v) is 9.68. The summed E-state index contributed by atoms with van der Waals surface area (Å²) in [7, 11) is 0. The third-order valence-corrected chi connectivity index (χ3v) is 7.52. The smallest absolute Gasteiger partial charge is 0.117 e. The fourth-order valence-electron chi connectivity index (χ4n) is 5.85. The molecule has 8 rings (SSSR count). The molecule has 3 heterocycles. The molecular weight excluding hydrogens is 462 g/mol. The van der Waals surface area contributed by atoms with Crippen molar-refractivity contribution in [3.05, 3.63) is 140 Å². The summed E-state index contributed by atoms with van der Waals surface area (Å²) in [5.41, 5.74) is 8.82. The molecule has 0 aliphatic rings. The number of benzene rings is 5. The molecule has 0 amide bonds. The van der Waals surface area contributed by atoms with Crippen LogP contribution in [0.5, 0.6) is 0 Å². The van der Waals surface area contributed by atoms with Gasteiger partial charge in [0.1, 0.15) is 11.4 Å². The summed E-state index contributed by atoms with van der Waals surface area (Å²) in [6, 6.07) is 49.4. The minimum absolute atomic E-state index is 0.964. The lowest BCUT2D eigenvalue weighted by atomic mass is 10.0. The first-order chi connectivity index (χ1) is 18.9. The Labute approximate surface area is 219 Å². The Morgan fingerprint density at radius 3 is 1.66 bits per heavy atom. The second-order valence-electron chi connectivity index (χ2n) is 9.68. The van der Waals surface area contributed by atoms with Gasteiger partial charge in [0, 0.05) is 27.3 Å². The van der Waals surface area contributed by atoms with Crippen molar-refractivity contribution in [3.63, 3.8) is 0 Å². The molecule has 0 bridgehead atoms. The monoisotopic (exact) mass is 485 g/mol. The number of aromatic nitrogens is 3. The number of para-hydroxylation sites is 2. The first-order valence-corrected chi connectivity index (χ1v) is 12.9. The summed E-state index contributed by atoms with van der Waals surface area (Å²) < 4.78 is 4.56. The van der Waals surface area contributed by atoms with Gasteiger partial charge in [-0.25, -0.2) is 4.52 Å². The Morgan fingerprint density at radius 1 is 0.474 bits per heavy atom. The molecule has 3 heteroatoms. The van der Waals surface area contributed by atoms with Crippen molar-refractivity contribution >= 4 is 38.1 Å². The average molecular weight is 486 g/mol. The Hall–Kier alpha value is -5.15. The Bertz CT molecular complexity index is 2060. The molecule has 0 unspecified atom stereocenters. The van der Waals surface area contributed by atoms with Crippen molar-refractivity contribution in [1.29, 1.82) is 0 Å². The zero-order valence-corrected chi connectivity index (χ0v) is 20.6. The lowest BCUT2D eigenvalue weighted by Crippen LogP contribution is -1.98. The Kier molecular flexibility index (Phi) is 4.52. The molecule has 178 valence electrons. The van der Waals surface area contributed by atoms with E-state index in [2.05, 4.69) is 149 Å². The van der Waals surface area contributed by atoms with Crippen LogP contribution in [0.1, 0.15) is 0 Å². The topological polar surface area (TPSA) is 22.2 Å². The van der Waals surface area contributed by atoms with E-state index < -0.39 is 0 Å². The second kappa shape index (κ2) is 8.19. The van der Waals surface area contributed by atoms with Gasteiger partial charge in [-0.2, -0.15) is 5.10 Å². The van der Waals surface area contributed by atoms with E-state index in [0.29, 0.717) is 0 Å². The number of hydrogen-bond donors (Lipinski definition) is 0. The maximum atomic E-state index is 5.37. The minimum Gasteiger partial charge on any atom is -0.305 e. The zero-order valence-electron chi connectivity index (χ0n) is 20.6. The van der Waals surface area contributed by atoms with Crippen molar-refractivity contribution < 1.29 is 0 Å². The summed E-state index contributed by atoms with van der Waals surface area (Å²) in [4.78, 5) is 0. The molecule has 0 aliphatic heterocycles. The van der Waals surface area contributed by atoms with Gasteiger partial charge in [0.2, 0.25) is 0 Å². The van der Waals surface area contributed by atoms with Gasteiger partial charge in [0.25, 0.3) is 0 Å². The molecule has 0 N–H and O–H groups in total. The van der Waals surface area contributed by atoms with Crippen LogP contribution in [0.2, 0.25) is 0 Å². The highest BCUT2D eigenvalue weighted by Gasteiger charge is 2.24. The molecule has 0 aliphatic carbocycles. The largest absolute Gasteiger partial charge is 0.305 e. The normalized spacial score (nSPS) is 11.7. The van der Waals surface area contributed by atoms with E-state index in [1.807, 2.05) is 0 Å². The van der Waals surface area contributed by atoms with E-state index in [0.717, 1.165) is 33.7 Å². The van der Waals surface area contributed by atoms with Gasteiger partial charge in [-0.1, -0.05) is 121 Å². The lowest BCUT2D eigenvalue weighted by Gasteiger charge is -2.12. The van der Waals surface area contributed by atoms with E-state index in [1.165, 1.54) is 32.6 Å². The Balaban J connectivity index is 1.64. The zero-order chi connectivity index (χ0) is 25.1. The van der Waals surface area contributed by atoms with E-state index in [-0.39, 0.29) is 0 Å². The van der Waals surface area contributed by atoms with Gasteiger partial charge in [-0.3, -0.25) is 0 Å². The summed E-state index contributed by atoms with van der Waals surface area (Å²) in [5, 5.41) is 10.2. The maximum absolute atomic E-state index is 5.37. The molecular formula is C35H23N3. The predicted molar refractivity (Wildman–Crippen MR) is 158 cm³/mol. The quantitative estimate of drug-likeness (QED) is 0.245. The molecule has 0 atom stereocenters. The fraction of sp³-hybridized carbons (Fsp3) is 0. The fourth-order valence-corrected chi connectivity index (χ4v) is 5.85. The highest BCUT2D eigenvalue weighted by atomic mass is 15.3. The summed E-state index contributed by atoms with van der Waals surface area (Å²) in [6.45, 7) is 0. The molecule has 5 aromatic carbocycles. The van der Waals surface area contributed by atoms with E-state index in [9.17, 15) is 0 Å². The first-order valence-electron chi connectivity index (χ1n) is 12.9. The average Bonchev–Trinajstić information content (AvgIpc) is 3.54. The van der Waals surface area contributed by atoms with Gasteiger partial charge in [0.15, 0.2) is 0 Å². The molecule has 3 nitrogen and oxygen atoms in total. The van der Waals surface area contributed by atoms with Crippen LogP contribution in [-0.2, 0) is 0 Å². The van der Waals surface area contributed by atoms with E-state index in [4.69, 9.17) is 5.10 Å². The van der Waals surface area contributed by atoms with Crippen molar-refractivity contribution in [1.82, 2.24) is 14.2 Å². The van der Waals surface area contributed by atoms with Crippen molar-refractivity contribution in [2.75, 3.05) is 0 Å². The molecule has 0 saturated heterocycles. The van der Waals surface area contributed by atoms with Gasteiger partial charge < -0.3 is 4.57 Å². The first kappa shape index (κ1) is 21.0. The highest BCUT2D eigenvalue weighted by molar-refractivity contribution is 6.12. The van der Waals surface area contributed by atoms with Gasteiger partial charge >= 0.3 is 0 Å². The maximum Gasteiger partial charge on any atom is 0.117 e. The number of hydrogen-bond acceptors (Lipinski definition) is 1. The Morgan fingerprint density at radius 2 is 1.00 bits per heavy atom. The van der Waals surface area contributed by atoms with Crippen LogP contribution in [0.4, 0.5) is 0 Å². The van der Waals surface area contributed by atoms with Gasteiger partial charge in [-0.05, 0) is 23.6 Å². The number of nitrogens with zero attached hydrogens (tertiary/aromatic N) is 3. The van der Waals surface area contributed by atoms with Crippen LogP contribution in [-0.4, -0.2) is 14.2 Å². The van der Waals surface area contributed by atoms with Crippen molar-refractivity contribution in [2.45, 2.75) is 0 Å². The van der Waals surface area contributed by atoms with E-state index in [1.54, 1.807) is 0 Å². The number of rotatable bonds is 3. The summed E-state index contributed by atoms with van der Waals surface area (Å²) in [6.07, 6.45) is 0. The third-order valence-electron chi connectivity index (χ3n) is 7.52. The molecule has 8 aromatic rings. The van der Waals surface area contributed by atoms with Crippen LogP contribution in [0, 0.1) is 0 Å². The predicted octanol–water partition coefficient (Wildman–Crippen LogP) is 8.92. The summed E-state index contributed by atoms with van der Waals surface area (Å²) in [5.74, 6) is 0. The van der Waals surface area contributed by atoms with Crippen LogP contribution < -0.4 is 0 Å². The van der Waals surface area contributed by atoms with Crippen molar-refractivity contribution in [2.24, 2.45) is 0 Å². The molecule has 0 spiro atoms. The van der Waals surface area contributed by atoms with Crippen LogP contribution >= 0.6 is 0 Å². The van der Waals surface area contributed by atoms with Gasteiger partial charge in [0.05, 0.1) is 22.2 Å². The van der Waals surface area contributed by atoms with Gasteiger partial charge in [-0.15, -0.1) is 0 Å². The number of fused-ring (bicyclic) bond motifs is 6. The standard InChI is InChI=1S/C35H23N3/c1-3-13-24(14-4-1)32-23-26-17-7-8-18-27(26)34-35(33(36-38(32)34)25-15-5-2-6-16-25)37-30-21-11-9-19-28(30)29-20-10-12-22-31(29)37/h1-23H. The van der Waals surface area contributed by atoms with Crippen LogP contribution in [0.3, 0.4) is 0 Å². The van der Waals surface area contributed by atoms with E-state index >= 15 is 0 Å². The lowest BCUT2D eigenvalue weighted by molar-refractivity contribution is 0.979. The molecule has 0 fully saturated rings. The molecule has 0 radical (unpaired) electrons. The van der Waals surface area contributed by atoms with Crippen LogP contribution in [0.15, 0.2) is 140 Å². The highest BCUT2D eigenvalue weighted by Crippen LogP contribution is 2.41. The minimum atomic E-state index is 0.964. The molecule has 38 heavy (non-hydrogen) atoms. The third kappa shape index (κ3) is 2.99. The van der Waals surface area contributed by atoms with Crippen LogP contribution in [0.25, 0.3) is 66.3 Å². The molecule has 3 aromatic heterocycles. The SMILES string of the molecule is c1ccc(-c2nn3c(-c4ccccc4)cc4ccccc4c3c2-n2c3ccccc3c3ccccc32)cc1. The van der Waals surface area contributed by atoms with Crippen molar-refractivity contribution in [3.8, 4) is 28.2 Å². The summed E-state index contributed by atoms with van der Waals surface area (Å²) >= 11 is 0. The number of pyridine rings is 1. The molecule has 0 saturated carbocycles.